The number of benzene rings is 2. The number of carboxylic acid groups (broad SMARTS) is 1. The quantitative estimate of drug-likeness (QED) is 0.0995. The monoisotopic (exact) mass is 593 g/mol. The summed E-state index contributed by atoms with van der Waals surface area (Å²) in [4.78, 5) is 58.7. The summed E-state index contributed by atoms with van der Waals surface area (Å²) in [7, 11) is 0. The molecule has 2 aromatic carbocycles. The van der Waals surface area contributed by atoms with Gasteiger partial charge in [0.1, 0.15) is 23.9 Å². The molecule has 4 unspecified atom stereocenters. The Morgan fingerprint density at radius 1 is 0.791 bits per heavy atom. The van der Waals surface area contributed by atoms with Crippen LogP contribution >= 0.6 is 0 Å². The van der Waals surface area contributed by atoms with E-state index < -0.39 is 47.9 Å². The lowest BCUT2D eigenvalue weighted by atomic mass is 10.0. The van der Waals surface area contributed by atoms with Gasteiger partial charge in [-0.25, -0.2) is 9.78 Å². The average molecular weight is 594 g/mol. The van der Waals surface area contributed by atoms with Crippen molar-refractivity contribution in [3.05, 3.63) is 83.9 Å². The number of aliphatic carboxylic acids is 1. The molecule has 4 atom stereocenters. The molecule has 13 heteroatoms. The summed E-state index contributed by atoms with van der Waals surface area (Å²) in [5, 5.41) is 27.4. The third-order valence-corrected chi connectivity index (χ3v) is 6.82. The molecule has 43 heavy (non-hydrogen) atoms. The number of phenols is 1. The third-order valence-electron chi connectivity index (χ3n) is 6.82. The fraction of sp³-hybridized carbons (Fsp3) is 0.367. The van der Waals surface area contributed by atoms with Crippen LogP contribution in [0.4, 0.5) is 0 Å². The Balaban J connectivity index is 1.77. The first-order chi connectivity index (χ1) is 20.7. The van der Waals surface area contributed by atoms with Crippen molar-refractivity contribution in [1.29, 1.82) is 0 Å². The second-order valence-corrected chi connectivity index (χ2v) is 10.3. The largest absolute Gasteiger partial charge is 0.508 e. The van der Waals surface area contributed by atoms with Gasteiger partial charge in [0.15, 0.2) is 0 Å². The molecule has 13 nitrogen and oxygen atoms in total. The number of nitrogens with two attached hydrogens (primary N) is 2. The zero-order valence-corrected chi connectivity index (χ0v) is 23.7. The van der Waals surface area contributed by atoms with Crippen LogP contribution in [-0.4, -0.2) is 74.6 Å². The van der Waals surface area contributed by atoms with E-state index in [0.717, 1.165) is 5.56 Å². The molecule has 0 aliphatic carbocycles. The molecule has 10 N–H and O–H groups in total. The van der Waals surface area contributed by atoms with E-state index in [1.807, 2.05) is 0 Å². The summed E-state index contributed by atoms with van der Waals surface area (Å²) in [6, 6.07) is 10.6. The number of imidazole rings is 1. The minimum Gasteiger partial charge on any atom is -0.508 e. The number of nitrogens with zero attached hydrogens (tertiary/aromatic N) is 1. The van der Waals surface area contributed by atoms with Gasteiger partial charge in [0.2, 0.25) is 17.7 Å². The lowest BCUT2D eigenvalue weighted by Crippen LogP contribution is -2.58. The summed E-state index contributed by atoms with van der Waals surface area (Å²) in [6.07, 6.45) is 4.54. The Morgan fingerprint density at radius 3 is 2.02 bits per heavy atom. The maximum Gasteiger partial charge on any atom is 0.326 e. The molecule has 0 fully saturated rings. The number of carbonyl (C=O) groups excluding carboxylic acids is 3. The van der Waals surface area contributed by atoms with Gasteiger partial charge in [0, 0.05) is 31.2 Å². The first kappa shape index (κ1) is 32.8. The molecule has 1 heterocycles. The van der Waals surface area contributed by atoms with Gasteiger partial charge in [-0.05, 0) is 49.1 Å². The number of phenolic OH excluding ortho intramolecular Hbond substituents is 1. The molecule has 3 aromatic rings. The highest BCUT2D eigenvalue weighted by Crippen LogP contribution is 2.13. The Labute approximate surface area is 249 Å². The fourth-order valence-electron chi connectivity index (χ4n) is 4.44. The van der Waals surface area contributed by atoms with Gasteiger partial charge in [-0.1, -0.05) is 42.5 Å². The second-order valence-electron chi connectivity index (χ2n) is 10.3. The smallest absolute Gasteiger partial charge is 0.326 e. The SMILES string of the molecule is NCCCCC(NC(=O)C(Cc1ccc(O)cc1)NC(=O)C(N)Cc1cnc[nH]1)C(=O)NC(Cc1ccccc1)C(=O)O. The normalized spacial score (nSPS) is 13.7. The lowest BCUT2D eigenvalue weighted by molar-refractivity contribution is -0.142. The molecule has 0 saturated heterocycles. The van der Waals surface area contributed by atoms with E-state index in [2.05, 4.69) is 25.9 Å². The van der Waals surface area contributed by atoms with Crippen LogP contribution in [0, 0.1) is 0 Å². The van der Waals surface area contributed by atoms with Gasteiger partial charge in [0.25, 0.3) is 0 Å². The van der Waals surface area contributed by atoms with E-state index in [4.69, 9.17) is 11.5 Å². The van der Waals surface area contributed by atoms with Crippen molar-refractivity contribution in [2.45, 2.75) is 62.7 Å². The van der Waals surface area contributed by atoms with Gasteiger partial charge in [-0.3, -0.25) is 14.4 Å². The summed E-state index contributed by atoms with van der Waals surface area (Å²) in [6.45, 7) is 0.377. The van der Waals surface area contributed by atoms with Crippen molar-refractivity contribution >= 4 is 23.7 Å². The van der Waals surface area contributed by atoms with Crippen molar-refractivity contribution in [2.24, 2.45) is 11.5 Å². The number of H-pyrrole nitrogens is 1. The van der Waals surface area contributed by atoms with Crippen molar-refractivity contribution < 1.29 is 29.4 Å². The van der Waals surface area contributed by atoms with E-state index >= 15 is 0 Å². The van der Waals surface area contributed by atoms with Crippen LogP contribution in [0.2, 0.25) is 0 Å². The Kier molecular flexibility index (Phi) is 12.7. The van der Waals surface area contributed by atoms with Crippen LogP contribution < -0.4 is 27.4 Å². The van der Waals surface area contributed by atoms with E-state index in [0.29, 0.717) is 30.6 Å². The molecule has 3 amide bonds. The topological polar surface area (TPSA) is 226 Å². The van der Waals surface area contributed by atoms with E-state index in [9.17, 15) is 29.4 Å². The zero-order chi connectivity index (χ0) is 31.2. The van der Waals surface area contributed by atoms with Crippen LogP contribution in [0.3, 0.4) is 0 Å². The number of aromatic nitrogens is 2. The van der Waals surface area contributed by atoms with Crippen molar-refractivity contribution in [2.75, 3.05) is 6.54 Å². The van der Waals surface area contributed by atoms with E-state index in [1.165, 1.54) is 18.5 Å². The second kappa shape index (κ2) is 16.6. The average Bonchev–Trinajstić information content (AvgIpc) is 3.50. The molecular formula is C30H39N7O6. The number of hydrogen-bond donors (Lipinski definition) is 8. The molecule has 3 rings (SSSR count). The van der Waals surface area contributed by atoms with Crippen molar-refractivity contribution in [3.63, 3.8) is 0 Å². The maximum absolute atomic E-state index is 13.6. The molecule has 0 radical (unpaired) electrons. The highest BCUT2D eigenvalue weighted by atomic mass is 16.4. The van der Waals surface area contributed by atoms with Crippen molar-refractivity contribution in [3.8, 4) is 5.75 Å². The molecule has 230 valence electrons. The molecule has 0 aliphatic heterocycles. The van der Waals surface area contributed by atoms with Crippen LogP contribution in [0.15, 0.2) is 67.1 Å². The van der Waals surface area contributed by atoms with Gasteiger partial charge >= 0.3 is 5.97 Å². The Bertz CT molecular complexity index is 1320. The first-order valence-electron chi connectivity index (χ1n) is 14.0. The standard InChI is InChI=1S/C30H39N7O6/c31-13-5-4-8-24(28(40)37-26(30(42)43)15-19-6-2-1-3-7-19)35-29(41)25(14-20-9-11-22(38)12-10-20)36-27(39)23(32)16-21-17-33-18-34-21/h1-3,6-7,9-12,17-18,23-26,38H,4-5,8,13-16,31-32H2,(H,33,34)(H,35,41)(H,36,39)(H,37,40)(H,42,43). The summed E-state index contributed by atoms with van der Waals surface area (Å²) in [5.41, 5.74) is 13.7. The Morgan fingerprint density at radius 2 is 1.40 bits per heavy atom. The molecular weight excluding hydrogens is 554 g/mol. The minimum absolute atomic E-state index is 0.0375. The number of unbranched alkanes of at least 4 members (excludes halogenated alkanes) is 1. The predicted molar refractivity (Wildman–Crippen MR) is 159 cm³/mol. The molecule has 0 spiro atoms. The van der Waals surface area contributed by atoms with Gasteiger partial charge in [-0.15, -0.1) is 0 Å². The molecule has 0 aliphatic rings. The van der Waals surface area contributed by atoms with Crippen LogP contribution in [-0.2, 0) is 38.4 Å². The number of carbonyl (C=O) groups is 4. The molecule has 0 saturated carbocycles. The number of amides is 3. The number of aromatic amines is 1. The van der Waals surface area contributed by atoms with Gasteiger partial charge in [0.05, 0.1) is 12.4 Å². The summed E-state index contributed by atoms with van der Waals surface area (Å²) in [5.74, 6) is -3.09. The molecule has 0 bridgehead atoms. The zero-order valence-electron chi connectivity index (χ0n) is 23.7. The fourth-order valence-corrected chi connectivity index (χ4v) is 4.44. The van der Waals surface area contributed by atoms with Gasteiger partial charge in [-0.2, -0.15) is 0 Å². The number of hydrogen-bond acceptors (Lipinski definition) is 8. The maximum atomic E-state index is 13.6. The number of aromatic hydroxyl groups is 1. The predicted octanol–water partition coefficient (Wildman–Crippen LogP) is 0.139. The van der Waals surface area contributed by atoms with Crippen LogP contribution in [0.5, 0.6) is 5.75 Å². The number of rotatable bonds is 17. The number of carboxylic acids is 1. The number of nitrogens with one attached hydrogen (secondary N) is 4. The molecule has 1 aromatic heterocycles. The highest BCUT2D eigenvalue weighted by Gasteiger charge is 2.30. The Hall–Kier alpha value is -4.75. The third kappa shape index (κ3) is 10.9. The lowest BCUT2D eigenvalue weighted by Gasteiger charge is -2.25. The van der Waals surface area contributed by atoms with Crippen LogP contribution in [0.25, 0.3) is 0 Å². The highest BCUT2D eigenvalue weighted by molar-refractivity contribution is 5.94. The summed E-state index contributed by atoms with van der Waals surface area (Å²) >= 11 is 0. The van der Waals surface area contributed by atoms with E-state index in [-0.39, 0.29) is 31.4 Å². The van der Waals surface area contributed by atoms with Crippen molar-refractivity contribution in [1.82, 2.24) is 25.9 Å². The van der Waals surface area contributed by atoms with Gasteiger partial charge < -0.3 is 42.6 Å². The minimum atomic E-state index is -1.23. The summed E-state index contributed by atoms with van der Waals surface area (Å²) < 4.78 is 0. The first-order valence-corrected chi connectivity index (χ1v) is 14.0. The van der Waals surface area contributed by atoms with Crippen LogP contribution in [0.1, 0.15) is 36.1 Å². The van der Waals surface area contributed by atoms with E-state index in [1.54, 1.807) is 48.7 Å².